The lowest BCUT2D eigenvalue weighted by molar-refractivity contribution is -0.126. The van der Waals surface area contributed by atoms with Gasteiger partial charge in [0.2, 0.25) is 5.91 Å². The van der Waals surface area contributed by atoms with Crippen LogP contribution in [0.2, 0.25) is 0 Å². The Morgan fingerprint density at radius 2 is 1.95 bits per heavy atom. The first kappa shape index (κ1) is 15.5. The normalized spacial score (nSPS) is 22.6. The molecule has 0 bridgehead atoms. The average Bonchev–Trinajstić information content (AvgIpc) is 3.08. The van der Waals surface area contributed by atoms with E-state index in [0.29, 0.717) is 19.8 Å². The van der Waals surface area contributed by atoms with Gasteiger partial charge in [-0.1, -0.05) is 24.3 Å². The van der Waals surface area contributed by atoms with Crippen LogP contribution in [0.1, 0.15) is 24.0 Å². The summed E-state index contributed by atoms with van der Waals surface area (Å²) in [6.07, 6.45) is 2.64. The predicted octanol–water partition coefficient (Wildman–Crippen LogP) is 0.887. The molecule has 2 N–H and O–H groups in total. The van der Waals surface area contributed by atoms with E-state index in [2.05, 4.69) is 39.8 Å². The van der Waals surface area contributed by atoms with Crippen molar-refractivity contribution in [3.8, 4) is 0 Å². The Morgan fingerprint density at radius 1 is 1.23 bits per heavy atom. The minimum absolute atomic E-state index is 0.0147. The highest BCUT2D eigenvalue weighted by molar-refractivity contribution is 5.81. The minimum atomic E-state index is -0.219. The first-order chi connectivity index (χ1) is 10.8. The maximum atomic E-state index is 12.0. The number of carbonyl (C=O) groups is 1. The lowest BCUT2D eigenvalue weighted by Gasteiger charge is -2.22. The number of hydrogen-bond acceptors (Lipinski definition) is 4. The molecule has 3 rings (SSSR count). The van der Waals surface area contributed by atoms with Crippen LogP contribution in [0.5, 0.6) is 0 Å². The standard InChI is InChI=1S/C17H25N3O2/c21-17(16-13-22-10-7-18-16)19-11-14-3-5-15(6-4-14)12-20-8-1-2-9-20/h3-6,16,18H,1-2,7-13H2,(H,19,21). The number of hydrogen-bond donors (Lipinski definition) is 2. The summed E-state index contributed by atoms with van der Waals surface area (Å²) < 4.78 is 5.31. The monoisotopic (exact) mass is 303 g/mol. The Labute approximate surface area is 132 Å². The van der Waals surface area contributed by atoms with Gasteiger partial charge in [0.05, 0.1) is 13.2 Å². The van der Waals surface area contributed by atoms with E-state index < -0.39 is 0 Å². The zero-order valence-electron chi connectivity index (χ0n) is 13.0. The van der Waals surface area contributed by atoms with E-state index in [4.69, 9.17) is 4.74 Å². The lowest BCUT2D eigenvalue weighted by Crippen LogP contribution is -2.51. The number of morpholine rings is 1. The minimum Gasteiger partial charge on any atom is -0.378 e. The van der Waals surface area contributed by atoms with Crippen LogP contribution >= 0.6 is 0 Å². The fraction of sp³-hybridized carbons (Fsp3) is 0.588. The third-order valence-electron chi connectivity index (χ3n) is 4.33. The summed E-state index contributed by atoms with van der Waals surface area (Å²) in [5.41, 5.74) is 2.48. The Morgan fingerprint density at radius 3 is 2.64 bits per heavy atom. The van der Waals surface area contributed by atoms with Gasteiger partial charge >= 0.3 is 0 Å². The van der Waals surface area contributed by atoms with E-state index in [0.717, 1.165) is 18.7 Å². The van der Waals surface area contributed by atoms with E-state index in [9.17, 15) is 4.79 Å². The Kier molecular flexibility index (Phi) is 5.43. The number of benzene rings is 1. The number of amides is 1. The van der Waals surface area contributed by atoms with Crippen molar-refractivity contribution in [2.75, 3.05) is 32.8 Å². The molecule has 0 radical (unpaired) electrons. The second-order valence-electron chi connectivity index (χ2n) is 6.10. The van der Waals surface area contributed by atoms with Crippen LogP contribution in [0.3, 0.4) is 0 Å². The van der Waals surface area contributed by atoms with Crippen LogP contribution in [0.15, 0.2) is 24.3 Å². The molecule has 5 heteroatoms. The van der Waals surface area contributed by atoms with Gasteiger partial charge < -0.3 is 15.4 Å². The molecule has 5 nitrogen and oxygen atoms in total. The van der Waals surface area contributed by atoms with Crippen molar-refractivity contribution < 1.29 is 9.53 Å². The smallest absolute Gasteiger partial charge is 0.239 e. The number of nitrogens with zero attached hydrogens (tertiary/aromatic N) is 1. The van der Waals surface area contributed by atoms with Crippen molar-refractivity contribution in [3.05, 3.63) is 35.4 Å². The van der Waals surface area contributed by atoms with Gasteiger partial charge in [-0.25, -0.2) is 0 Å². The van der Waals surface area contributed by atoms with Crippen LogP contribution in [0.4, 0.5) is 0 Å². The Balaban J connectivity index is 1.45. The summed E-state index contributed by atoms with van der Waals surface area (Å²) in [4.78, 5) is 14.5. The zero-order chi connectivity index (χ0) is 15.2. The van der Waals surface area contributed by atoms with Crippen molar-refractivity contribution in [1.29, 1.82) is 0 Å². The summed E-state index contributed by atoms with van der Waals surface area (Å²) in [6.45, 7) is 5.92. The molecule has 1 amide bonds. The summed E-state index contributed by atoms with van der Waals surface area (Å²) in [5, 5.41) is 6.13. The first-order valence-corrected chi connectivity index (χ1v) is 8.20. The maximum Gasteiger partial charge on any atom is 0.239 e. The van der Waals surface area contributed by atoms with Gasteiger partial charge in [-0.15, -0.1) is 0 Å². The van der Waals surface area contributed by atoms with Crippen molar-refractivity contribution in [1.82, 2.24) is 15.5 Å². The number of nitrogens with one attached hydrogen (secondary N) is 2. The van der Waals surface area contributed by atoms with Crippen LogP contribution in [-0.2, 0) is 22.6 Å². The molecule has 2 aliphatic rings. The van der Waals surface area contributed by atoms with Gasteiger partial charge in [-0.3, -0.25) is 9.69 Å². The molecule has 2 saturated heterocycles. The molecule has 22 heavy (non-hydrogen) atoms. The molecule has 0 saturated carbocycles. The van der Waals surface area contributed by atoms with Crippen LogP contribution in [-0.4, -0.2) is 49.7 Å². The summed E-state index contributed by atoms with van der Waals surface area (Å²) >= 11 is 0. The second-order valence-corrected chi connectivity index (χ2v) is 6.10. The van der Waals surface area contributed by atoms with Crippen LogP contribution < -0.4 is 10.6 Å². The number of ether oxygens (including phenoxy) is 1. The SMILES string of the molecule is O=C(NCc1ccc(CN2CCCC2)cc1)C1COCCN1. The summed E-state index contributed by atoms with van der Waals surface area (Å²) in [6, 6.07) is 8.33. The van der Waals surface area contributed by atoms with E-state index >= 15 is 0 Å². The molecule has 1 atom stereocenters. The first-order valence-electron chi connectivity index (χ1n) is 8.20. The fourth-order valence-corrected chi connectivity index (χ4v) is 3.01. The van der Waals surface area contributed by atoms with Gasteiger partial charge in [0.1, 0.15) is 6.04 Å². The highest BCUT2D eigenvalue weighted by Crippen LogP contribution is 2.13. The van der Waals surface area contributed by atoms with Gasteiger partial charge in [0.25, 0.3) is 0 Å². The highest BCUT2D eigenvalue weighted by Gasteiger charge is 2.20. The van der Waals surface area contributed by atoms with E-state index in [1.54, 1.807) is 0 Å². The molecule has 0 aromatic heterocycles. The molecule has 120 valence electrons. The largest absolute Gasteiger partial charge is 0.378 e. The lowest BCUT2D eigenvalue weighted by atomic mass is 10.1. The number of carbonyl (C=O) groups excluding carboxylic acids is 1. The van der Waals surface area contributed by atoms with Gasteiger partial charge in [0, 0.05) is 19.6 Å². The van der Waals surface area contributed by atoms with Crippen LogP contribution in [0.25, 0.3) is 0 Å². The molecule has 1 aromatic rings. The van der Waals surface area contributed by atoms with Crippen molar-refractivity contribution >= 4 is 5.91 Å². The third kappa shape index (κ3) is 4.29. The third-order valence-corrected chi connectivity index (χ3v) is 4.33. The van der Waals surface area contributed by atoms with Crippen molar-refractivity contribution in [2.45, 2.75) is 32.0 Å². The number of rotatable bonds is 5. The molecule has 0 spiro atoms. The predicted molar refractivity (Wildman–Crippen MR) is 85.4 cm³/mol. The topological polar surface area (TPSA) is 53.6 Å². The summed E-state index contributed by atoms with van der Waals surface area (Å²) in [5.74, 6) is 0.0147. The summed E-state index contributed by atoms with van der Waals surface area (Å²) in [7, 11) is 0. The Bertz CT molecular complexity index is 477. The maximum absolute atomic E-state index is 12.0. The van der Waals surface area contributed by atoms with Gasteiger partial charge in [-0.05, 0) is 37.1 Å². The van der Waals surface area contributed by atoms with Gasteiger partial charge in [0.15, 0.2) is 0 Å². The quantitative estimate of drug-likeness (QED) is 0.848. The molecule has 2 heterocycles. The molecular formula is C17H25N3O2. The molecule has 2 aliphatic heterocycles. The Hall–Kier alpha value is -1.43. The zero-order valence-corrected chi connectivity index (χ0v) is 13.0. The van der Waals surface area contributed by atoms with E-state index in [1.807, 2.05) is 0 Å². The second kappa shape index (κ2) is 7.72. The van der Waals surface area contributed by atoms with E-state index in [-0.39, 0.29) is 11.9 Å². The highest BCUT2D eigenvalue weighted by atomic mass is 16.5. The van der Waals surface area contributed by atoms with Crippen LogP contribution in [0, 0.1) is 0 Å². The molecular weight excluding hydrogens is 278 g/mol. The van der Waals surface area contributed by atoms with Crippen molar-refractivity contribution in [2.24, 2.45) is 0 Å². The van der Waals surface area contributed by atoms with E-state index in [1.165, 1.54) is 31.5 Å². The number of likely N-dealkylation sites (tertiary alicyclic amines) is 1. The fourth-order valence-electron chi connectivity index (χ4n) is 3.01. The average molecular weight is 303 g/mol. The van der Waals surface area contributed by atoms with Crippen molar-refractivity contribution in [3.63, 3.8) is 0 Å². The molecule has 0 aliphatic carbocycles. The molecule has 1 aromatic carbocycles. The molecule has 2 fully saturated rings. The van der Waals surface area contributed by atoms with Gasteiger partial charge in [-0.2, -0.15) is 0 Å². The molecule has 1 unspecified atom stereocenters.